The highest BCUT2D eigenvalue weighted by molar-refractivity contribution is 4.91. The molecule has 0 atom stereocenters. The first-order valence-corrected chi connectivity index (χ1v) is 4.85. The lowest BCUT2D eigenvalue weighted by atomic mass is 9.91. The molecule has 0 saturated carbocycles. The van der Waals surface area contributed by atoms with Crippen LogP contribution in [0.15, 0.2) is 12.2 Å². The van der Waals surface area contributed by atoms with Crippen molar-refractivity contribution in [1.82, 2.24) is 5.32 Å². The number of nitriles is 1. The minimum absolute atomic E-state index is 0.187. The Bertz CT molecular complexity index is 187. The van der Waals surface area contributed by atoms with Crippen LogP contribution in [0, 0.1) is 16.7 Å². The Morgan fingerprint density at radius 3 is 2.62 bits per heavy atom. The lowest BCUT2D eigenvalue weighted by molar-refractivity contribution is 0.434. The van der Waals surface area contributed by atoms with Gasteiger partial charge in [0.15, 0.2) is 0 Å². The first-order valence-electron chi connectivity index (χ1n) is 4.85. The van der Waals surface area contributed by atoms with Crippen molar-refractivity contribution in [2.45, 2.75) is 33.6 Å². The van der Waals surface area contributed by atoms with Gasteiger partial charge in [0, 0.05) is 0 Å². The van der Waals surface area contributed by atoms with E-state index in [2.05, 4.69) is 23.5 Å². The molecule has 0 aliphatic carbocycles. The lowest BCUT2D eigenvalue weighted by Crippen LogP contribution is -2.22. The molecule has 2 heteroatoms. The fourth-order valence-corrected chi connectivity index (χ4v) is 0.934. The lowest BCUT2D eigenvalue weighted by Gasteiger charge is -2.14. The molecule has 0 aromatic heterocycles. The monoisotopic (exact) mass is 180 g/mol. The van der Waals surface area contributed by atoms with Crippen molar-refractivity contribution in [1.29, 1.82) is 5.26 Å². The molecule has 0 unspecified atom stereocenters. The number of hydrogen-bond acceptors (Lipinski definition) is 2. The Morgan fingerprint density at radius 2 is 2.08 bits per heavy atom. The van der Waals surface area contributed by atoms with Crippen LogP contribution in [0.2, 0.25) is 0 Å². The van der Waals surface area contributed by atoms with E-state index in [1.165, 1.54) is 0 Å². The Balaban J connectivity index is 3.32. The van der Waals surface area contributed by atoms with Crippen molar-refractivity contribution in [3.8, 4) is 6.07 Å². The van der Waals surface area contributed by atoms with E-state index in [4.69, 9.17) is 5.26 Å². The standard InChI is InChI=1S/C11H20N2/c1-4-5-6-8-13-9-7-11(2,3)10-12/h4-5,13H,6-9H2,1-3H3/b5-4+. The third kappa shape index (κ3) is 7.55. The van der Waals surface area contributed by atoms with Gasteiger partial charge in [-0.15, -0.1) is 0 Å². The number of nitrogens with one attached hydrogen (secondary N) is 1. The van der Waals surface area contributed by atoms with E-state index in [1.54, 1.807) is 0 Å². The van der Waals surface area contributed by atoms with E-state index in [9.17, 15) is 0 Å². The third-order valence-corrected chi connectivity index (χ3v) is 1.95. The van der Waals surface area contributed by atoms with Gasteiger partial charge in [0.1, 0.15) is 0 Å². The van der Waals surface area contributed by atoms with Crippen molar-refractivity contribution in [2.24, 2.45) is 5.41 Å². The maximum absolute atomic E-state index is 8.75. The molecule has 2 nitrogen and oxygen atoms in total. The third-order valence-electron chi connectivity index (χ3n) is 1.95. The van der Waals surface area contributed by atoms with Gasteiger partial charge in [0.05, 0.1) is 11.5 Å². The molecule has 0 aromatic carbocycles. The zero-order valence-electron chi connectivity index (χ0n) is 8.93. The summed E-state index contributed by atoms with van der Waals surface area (Å²) in [6.07, 6.45) is 6.19. The second-order valence-corrected chi connectivity index (χ2v) is 3.85. The van der Waals surface area contributed by atoms with E-state index in [-0.39, 0.29) is 5.41 Å². The predicted molar refractivity (Wildman–Crippen MR) is 56.3 cm³/mol. The summed E-state index contributed by atoms with van der Waals surface area (Å²) in [4.78, 5) is 0. The van der Waals surface area contributed by atoms with Crippen molar-refractivity contribution in [3.63, 3.8) is 0 Å². The first-order chi connectivity index (χ1) is 6.12. The zero-order chi connectivity index (χ0) is 10.2. The molecule has 1 N–H and O–H groups in total. The average molecular weight is 180 g/mol. The van der Waals surface area contributed by atoms with Gasteiger partial charge in [0.2, 0.25) is 0 Å². The summed E-state index contributed by atoms with van der Waals surface area (Å²) in [5.74, 6) is 0. The average Bonchev–Trinajstić information content (AvgIpc) is 2.11. The van der Waals surface area contributed by atoms with E-state index in [0.717, 1.165) is 25.9 Å². The van der Waals surface area contributed by atoms with Gasteiger partial charge in [-0.25, -0.2) is 0 Å². The summed E-state index contributed by atoms with van der Waals surface area (Å²) < 4.78 is 0. The molecule has 74 valence electrons. The molecular formula is C11H20N2. The Morgan fingerprint density at radius 1 is 1.38 bits per heavy atom. The number of allylic oxidation sites excluding steroid dienone is 1. The van der Waals surface area contributed by atoms with Crippen LogP contribution < -0.4 is 5.32 Å². The van der Waals surface area contributed by atoms with Gasteiger partial charge in [-0.05, 0) is 46.7 Å². The van der Waals surface area contributed by atoms with Crippen LogP contribution in [-0.4, -0.2) is 13.1 Å². The summed E-state index contributed by atoms with van der Waals surface area (Å²) in [6.45, 7) is 7.91. The topological polar surface area (TPSA) is 35.8 Å². The second-order valence-electron chi connectivity index (χ2n) is 3.85. The van der Waals surface area contributed by atoms with Gasteiger partial charge in [0.25, 0.3) is 0 Å². The molecule has 0 spiro atoms. The van der Waals surface area contributed by atoms with E-state index < -0.39 is 0 Å². The van der Waals surface area contributed by atoms with Crippen molar-refractivity contribution in [3.05, 3.63) is 12.2 Å². The second kappa shape index (κ2) is 6.68. The van der Waals surface area contributed by atoms with Gasteiger partial charge in [-0.3, -0.25) is 0 Å². The van der Waals surface area contributed by atoms with Gasteiger partial charge in [-0.2, -0.15) is 5.26 Å². The van der Waals surface area contributed by atoms with E-state index in [1.807, 2.05) is 20.8 Å². The summed E-state index contributed by atoms with van der Waals surface area (Å²) >= 11 is 0. The smallest absolute Gasteiger partial charge is 0.0684 e. The summed E-state index contributed by atoms with van der Waals surface area (Å²) in [5, 5.41) is 12.1. The first kappa shape index (κ1) is 12.2. The van der Waals surface area contributed by atoms with Crippen LogP contribution in [0.5, 0.6) is 0 Å². The molecule has 13 heavy (non-hydrogen) atoms. The highest BCUT2D eigenvalue weighted by atomic mass is 14.8. The number of nitrogens with zero attached hydrogens (tertiary/aromatic N) is 1. The van der Waals surface area contributed by atoms with Gasteiger partial charge >= 0.3 is 0 Å². The molecule has 0 aliphatic heterocycles. The van der Waals surface area contributed by atoms with Crippen LogP contribution in [0.3, 0.4) is 0 Å². The summed E-state index contributed by atoms with van der Waals surface area (Å²) in [7, 11) is 0. The predicted octanol–water partition coefficient (Wildman–Crippen LogP) is 2.48. The molecule has 0 amide bonds. The van der Waals surface area contributed by atoms with Crippen LogP contribution in [0.25, 0.3) is 0 Å². The van der Waals surface area contributed by atoms with E-state index in [0.29, 0.717) is 0 Å². The molecule has 0 rings (SSSR count). The molecule has 0 aromatic rings. The van der Waals surface area contributed by atoms with Crippen molar-refractivity contribution in [2.75, 3.05) is 13.1 Å². The maximum atomic E-state index is 8.75. The molecule has 0 heterocycles. The van der Waals surface area contributed by atoms with Crippen LogP contribution in [-0.2, 0) is 0 Å². The molecule has 0 bridgehead atoms. The van der Waals surface area contributed by atoms with Gasteiger partial charge < -0.3 is 5.32 Å². The highest BCUT2D eigenvalue weighted by Gasteiger charge is 2.14. The molecule has 0 fully saturated rings. The van der Waals surface area contributed by atoms with Gasteiger partial charge in [-0.1, -0.05) is 12.2 Å². The summed E-state index contributed by atoms with van der Waals surface area (Å²) in [5.41, 5.74) is -0.187. The Hall–Kier alpha value is -0.810. The highest BCUT2D eigenvalue weighted by Crippen LogP contribution is 2.16. The number of hydrogen-bond donors (Lipinski definition) is 1. The van der Waals surface area contributed by atoms with Crippen LogP contribution in [0.4, 0.5) is 0 Å². The molecular weight excluding hydrogens is 160 g/mol. The molecule has 0 saturated heterocycles. The molecule has 0 aliphatic rings. The Kier molecular flexibility index (Phi) is 6.26. The van der Waals surface area contributed by atoms with Crippen LogP contribution in [0.1, 0.15) is 33.6 Å². The largest absolute Gasteiger partial charge is 0.316 e. The minimum Gasteiger partial charge on any atom is -0.316 e. The van der Waals surface area contributed by atoms with E-state index >= 15 is 0 Å². The maximum Gasteiger partial charge on any atom is 0.0684 e. The quantitative estimate of drug-likeness (QED) is 0.503. The Labute approximate surface area is 81.6 Å². The fourth-order valence-electron chi connectivity index (χ4n) is 0.934. The van der Waals surface area contributed by atoms with Crippen LogP contribution >= 0.6 is 0 Å². The summed E-state index contributed by atoms with van der Waals surface area (Å²) in [6, 6.07) is 2.29. The molecule has 0 radical (unpaired) electrons. The fraction of sp³-hybridized carbons (Fsp3) is 0.727. The normalized spacial score (nSPS) is 11.8. The zero-order valence-corrected chi connectivity index (χ0v) is 8.93. The van der Waals surface area contributed by atoms with Crippen molar-refractivity contribution >= 4 is 0 Å². The van der Waals surface area contributed by atoms with Crippen molar-refractivity contribution < 1.29 is 0 Å². The minimum atomic E-state index is -0.187. The number of rotatable bonds is 6. The SMILES string of the molecule is C/C=C/CCNCCC(C)(C)C#N.